The number of rotatable bonds is 6. The fraction of sp³-hybridized carbons (Fsp3) is 0.562. The molecule has 2 N–H and O–H groups in total. The molecule has 0 amide bonds. The number of thioether (sulfide) groups is 1. The Morgan fingerprint density at radius 1 is 1.33 bits per heavy atom. The van der Waals surface area contributed by atoms with Gasteiger partial charge in [-0.25, -0.2) is 0 Å². The minimum atomic E-state index is -0.466. The summed E-state index contributed by atoms with van der Waals surface area (Å²) >= 11 is 1.48. The Morgan fingerprint density at radius 2 is 1.95 bits per heavy atom. The highest BCUT2D eigenvalue weighted by molar-refractivity contribution is 8.00. The molecule has 0 aliphatic rings. The number of hydrogen-bond donors (Lipinski definition) is 1. The van der Waals surface area contributed by atoms with Gasteiger partial charge in [-0.2, -0.15) is 0 Å². The van der Waals surface area contributed by atoms with Crippen LogP contribution < -0.4 is 10.5 Å². The van der Waals surface area contributed by atoms with E-state index >= 15 is 0 Å². The summed E-state index contributed by atoms with van der Waals surface area (Å²) in [6, 6.07) is 7.64. The maximum atomic E-state index is 11.9. The van der Waals surface area contributed by atoms with Gasteiger partial charge in [0.1, 0.15) is 11.4 Å². The number of carbonyl (C=O) groups excluding carboxylic acids is 1. The maximum absolute atomic E-state index is 11.9. The van der Waals surface area contributed by atoms with Crippen LogP contribution in [-0.2, 0) is 9.53 Å². The van der Waals surface area contributed by atoms with Crippen LogP contribution in [-0.4, -0.2) is 30.5 Å². The molecule has 0 fully saturated rings. The molecule has 2 atom stereocenters. The van der Waals surface area contributed by atoms with Crippen LogP contribution in [0.2, 0.25) is 0 Å². The van der Waals surface area contributed by atoms with Crippen molar-refractivity contribution in [1.82, 2.24) is 0 Å². The van der Waals surface area contributed by atoms with E-state index in [1.807, 2.05) is 52.0 Å². The number of ether oxygens (including phenoxy) is 2. The second-order valence-corrected chi connectivity index (χ2v) is 7.05. The molecule has 0 spiro atoms. The minimum Gasteiger partial charge on any atom is -0.496 e. The van der Waals surface area contributed by atoms with E-state index in [2.05, 4.69) is 0 Å². The first kappa shape index (κ1) is 17.9. The number of carbonyl (C=O) groups is 1. The van der Waals surface area contributed by atoms with Crippen molar-refractivity contribution in [2.75, 3.05) is 12.9 Å². The molecule has 0 aliphatic heterocycles. The monoisotopic (exact) mass is 311 g/mol. The highest BCUT2D eigenvalue weighted by atomic mass is 32.2. The summed E-state index contributed by atoms with van der Waals surface area (Å²) in [4.78, 5) is 11.9. The largest absolute Gasteiger partial charge is 0.496 e. The highest BCUT2D eigenvalue weighted by Crippen LogP contribution is 2.36. The van der Waals surface area contributed by atoms with Crippen molar-refractivity contribution in [1.29, 1.82) is 0 Å². The van der Waals surface area contributed by atoms with Gasteiger partial charge in [0.05, 0.1) is 12.9 Å². The molecule has 0 aliphatic carbocycles. The molecule has 1 aromatic carbocycles. The predicted molar refractivity (Wildman–Crippen MR) is 87.7 cm³/mol. The second kappa shape index (κ2) is 7.71. The summed E-state index contributed by atoms with van der Waals surface area (Å²) < 4.78 is 10.7. The maximum Gasteiger partial charge on any atom is 0.316 e. The van der Waals surface area contributed by atoms with Crippen LogP contribution in [0.3, 0.4) is 0 Å². The van der Waals surface area contributed by atoms with Crippen molar-refractivity contribution in [3.05, 3.63) is 29.8 Å². The van der Waals surface area contributed by atoms with Crippen molar-refractivity contribution in [2.24, 2.45) is 5.73 Å². The lowest BCUT2D eigenvalue weighted by Gasteiger charge is -2.24. The molecule has 1 aromatic rings. The Morgan fingerprint density at radius 3 is 2.48 bits per heavy atom. The zero-order valence-electron chi connectivity index (χ0n) is 13.4. The number of para-hydroxylation sites is 1. The van der Waals surface area contributed by atoms with Gasteiger partial charge in [0.15, 0.2) is 0 Å². The van der Waals surface area contributed by atoms with Crippen molar-refractivity contribution in [3.63, 3.8) is 0 Å². The molecule has 5 heteroatoms. The van der Waals surface area contributed by atoms with Crippen molar-refractivity contribution in [2.45, 2.75) is 44.6 Å². The first-order valence-electron chi connectivity index (χ1n) is 6.96. The van der Waals surface area contributed by atoms with Gasteiger partial charge in [-0.15, -0.1) is 11.8 Å². The van der Waals surface area contributed by atoms with E-state index in [-0.39, 0.29) is 23.0 Å². The van der Waals surface area contributed by atoms with E-state index in [9.17, 15) is 4.79 Å². The van der Waals surface area contributed by atoms with Crippen molar-refractivity contribution >= 4 is 17.7 Å². The van der Waals surface area contributed by atoms with Gasteiger partial charge in [0, 0.05) is 16.9 Å². The first-order chi connectivity index (χ1) is 9.74. The second-order valence-electron chi connectivity index (χ2n) is 5.92. The average Bonchev–Trinajstić information content (AvgIpc) is 2.37. The Kier molecular flexibility index (Phi) is 6.55. The number of esters is 1. The Balaban J connectivity index is 2.77. The lowest BCUT2D eigenvalue weighted by atomic mass is 10.1. The Hall–Kier alpha value is -1.20. The summed E-state index contributed by atoms with van der Waals surface area (Å²) in [7, 11) is 1.63. The lowest BCUT2D eigenvalue weighted by Crippen LogP contribution is -2.27. The van der Waals surface area contributed by atoms with Crippen molar-refractivity contribution < 1.29 is 14.3 Å². The van der Waals surface area contributed by atoms with Crippen LogP contribution in [0.4, 0.5) is 0 Å². The predicted octanol–water partition coefficient (Wildman–Crippen LogP) is 3.16. The van der Waals surface area contributed by atoms with Crippen LogP contribution in [0.15, 0.2) is 24.3 Å². The number of hydrogen-bond acceptors (Lipinski definition) is 5. The van der Waals surface area contributed by atoms with Crippen LogP contribution in [0.25, 0.3) is 0 Å². The Bertz CT molecular complexity index is 469. The van der Waals surface area contributed by atoms with Gasteiger partial charge in [-0.05, 0) is 33.8 Å². The molecule has 0 saturated carbocycles. The summed E-state index contributed by atoms with van der Waals surface area (Å²) in [5.41, 5.74) is 6.61. The van der Waals surface area contributed by atoms with E-state index < -0.39 is 5.60 Å². The average molecular weight is 311 g/mol. The van der Waals surface area contributed by atoms with Gasteiger partial charge in [-0.3, -0.25) is 4.79 Å². The molecule has 4 nitrogen and oxygen atoms in total. The third kappa shape index (κ3) is 5.98. The van der Waals surface area contributed by atoms with Gasteiger partial charge in [0.2, 0.25) is 0 Å². The van der Waals surface area contributed by atoms with Gasteiger partial charge < -0.3 is 15.2 Å². The molecule has 0 heterocycles. The normalized spacial score (nSPS) is 14.4. The van der Waals surface area contributed by atoms with E-state index in [0.29, 0.717) is 0 Å². The van der Waals surface area contributed by atoms with E-state index in [4.69, 9.17) is 15.2 Å². The molecule has 21 heavy (non-hydrogen) atoms. The van der Waals surface area contributed by atoms with Crippen LogP contribution in [0.1, 0.15) is 38.5 Å². The number of methoxy groups -OCH3 is 1. The molecule has 0 aromatic heterocycles. The fourth-order valence-corrected chi connectivity index (χ4v) is 3.01. The van der Waals surface area contributed by atoms with Crippen molar-refractivity contribution in [3.8, 4) is 5.75 Å². The number of benzene rings is 1. The minimum absolute atomic E-state index is 0.0198. The Labute approximate surface area is 131 Å². The van der Waals surface area contributed by atoms with Crippen LogP contribution >= 0.6 is 11.8 Å². The fourth-order valence-electron chi connectivity index (χ4n) is 1.96. The van der Waals surface area contributed by atoms with Crippen LogP contribution in [0, 0.1) is 0 Å². The standard InChI is InChI=1S/C16H25NO3S/c1-11(17)15(12-8-6-7-9-13(12)19-5)21-10-14(18)20-16(2,3)4/h6-9,11,15H,10,17H2,1-5H3. The molecule has 0 radical (unpaired) electrons. The van der Waals surface area contributed by atoms with Crippen LogP contribution in [0.5, 0.6) is 5.75 Å². The quantitative estimate of drug-likeness (QED) is 0.818. The SMILES string of the molecule is COc1ccccc1C(SCC(=O)OC(C)(C)C)C(C)N. The van der Waals surface area contributed by atoms with Gasteiger partial charge in [-0.1, -0.05) is 18.2 Å². The zero-order valence-corrected chi connectivity index (χ0v) is 14.2. The molecule has 2 unspecified atom stereocenters. The summed E-state index contributed by atoms with van der Waals surface area (Å²) in [5.74, 6) is 0.825. The van der Waals surface area contributed by atoms with E-state index in [1.54, 1.807) is 7.11 Å². The summed E-state index contributed by atoms with van der Waals surface area (Å²) in [6.45, 7) is 7.51. The molecular formula is C16H25NO3S. The molecule has 0 saturated heterocycles. The topological polar surface area (TPSA) is 61.5 Å². The van der Waals surface area contributed by atoms with Gasteiger partial charge >= 0.3 is 5.97 Å². The van der Waals surface area contributed by atoms with E-state index in [0.717, 1.165) is 11.3 Å². The molecule has 1 rings (SSSR count). The third-order valence-electron chi connectivity index (χ3n) is 2.72. The third-order valence-corrected chi connectivity index (χ3v) is 4.17. The molecule has 118 valence electrons. The smallest absolute Gasteiger partial charge is 0.316 e. The van der Waals surface area contributed by atoms with E-state index in [1.165, 1.54) is 11.8 Å². The summed E-state index contributed by atoms with van der Waals surface area (Å²) in [6.07, 6.45) is 0. The molecule has 0 bridgehead atoms. The summed E-state index contributed by atoms with van der Waals surface area (Å²) in [5, 5.41) is -0.0198. The van der Waals surface area contributed by atoms with Gasteiger partial charge in [0.25, 0.3) is 0 Å². The zero-order chi connectivity index (χ0) is 16.0. The number of nitrogens with two attached hydrogens (primary N) is 1. The molecular weight excluding hydrogens is 286 g/mol. The lowest BCUT2D eigenvalue weighted by molar-refractivity contribution is -0.151. The first-order valence-corrected chi connectivity index (χ1v) is 8.01. The highest BCUT2D eigenvalue weighted by Gasteiger charge is 2.23.